The minimum absolute atomic E-state index is 0.195. The van der Waals surface area contributed by atoms with Gasteiger partial charge in [0, 0.05) is 19.3 Å². The van der Waals surface area contributed by atoms with Crippen molar-refractivity contribution in [2.75, 3.05) is 13.1 Å². The Kier molecular flexibility index (Phi) is 7.81. The fraction of sp³-hybridized carbons (Fsp3) is 0.310. The second-order valence-electron chi connectivity index (χ2n) is 9.55. The standard InChI is InChI=1S/C29H28ClF3N4O2/c1-2-24-26(37-18-22(30)10-13-25(37)34-24)28(38)35-27(21-6-4-3-5-7-21)36-16-14-20(15-17-36)19-8-11-23(12-9-19)39-29(31,32)33/h3-13,18,20,27H,2,14-17H2,1H3,(H,35,38). The van der Waals surface area contributed by atoms with Crippen LogP contribution in [0, 0.1) is 0 Å². The molecule has 1 aliphatic heterocycles. The van der Waals surface area contributed by atoms with Crippen LogP contribution in [-0.2, 0) is 6.42 Å². The van der Waals surface area contributed by atoms with Gasteiger partial charge in [-0.25, -0.2) is 4.98 Å². The molecule has 5 rings (SSSR count). The zero-order chi connectivity index (χ0) is 27.6. The third kappa shape index (κ3) is 6.20. The van der Waals surface area contributed by atoms with Gasteiger partial charge in [0.1, 0.15) is 23.3 Å². The molecule has 0 bridgehead atoms. The predicted octanol–water partition coefficient (Wildman–Crippen LogP) is 6.76. The maximum atomic E-state index is 13.7. The van der Waals surface area contributed by atoms with Crippen LogP contribution in [0.2, 0.25) is 5.02 Å². The van der Waals surface area contributed by atoms with Crippen LogP contribution in [0.4, 0.5) is 13.2 Å². The lowest BCUT2D eigenvalue weighted by atomic mass is 9.89. The largest absolute Gasteiger partial charge is 0.573 e. The Morgan fingerprint density at radius 1 is 1.08 bits per heavy atom. The van der Waals surface area contributed by atoms with Crippen molar-refractivity contribution in [2.24, 2.45) is 0 Å². The summed E-state index contributed by atoms with van der Waals surface area (Å²) in [5.74, 6) is -0.269. The molecule has 0 spiro atoms. The Balaban J connectivity index is 1.34. The number of nitrogens with one attached hydrogen (secondary N) is 1. The lowest BCUT2D eigenvalue weighted by molar-refractivity contribution is -0.274. The molecule has 2 aromatic heterocycles. The van der Waals surface area contributed by atoms with Crippen molar-refractivity contribution < 1.29 is 22.7 Å². The van der Waals surface area contributed by atoms with E-state index >= 15 is 0 Å². The van der Waals surface area contributed by atoms with Crippen LogP contribution >= 0.6 is 11.6 Å². The average Bonchev–Trinajstić information content (AvgIpc) is 3.30. The van der Waals surface area contributed by atoms with Crippen molar-refractivity contribution in [3.8, 4) is 5.75 Å². The van der Waals surface area contributed by atoms with Crippen LogP contribution in [0.3, 0.4) is 0 Å². The highest BCUT2D eigenvalue weighted by molar-refractivity contribution is 6.30. The molecular weight excluding hydrogens is 529 g/mol. The number of pyridine rings is 1. The highest BCUT2D eigenvalue weighted by atomic mass is 35.5. The summed E-state index contributed by atoms with van der Waals surface area (Å²) in [6, 6.07) is 19.4. The zero-order valence-electron chi connectivity index (χ0n) is 21.3. The first-order valence-corrected chi connectivity index (χ1v) is 13.2. The van der Waals surface area contributed by atoms with Gasteiger partial charge in [-0.05, 0) is 60.6 Å². The fourth-order valence-electron chi connectivity index (χ4n) is 5.20. The van der Waals surface area contributed by atoms with E-state index in [1.807, 2.05) is 37.3 Å². The van der Waals surface area contributed by atoms with Crippen LogP contribution < -0.4 is 10.1 Å². The maximum Gasteiger partial charge on any atom is 0.573 e. The van der Waals surface area contributed by atoms with E-state index in [-0.39, 0.29) is 23.7 Å². The predicted molar refractivity (Wildman–Crippen MR) is 143 cm³/mol. The Morgan fingerprint density at radius 3 is 2.41 bits per heavy atom. The summed E-state index contributed by atoms with van der Waals surface area (Å²) in [5.41, 5.74) is 3.75. The van der Waals surface area contributed by atoms with Crippen molar-refractivity contribution in [3.05, 3.63) is 100 Å². The Labute approximate surface area is 229 Å². The van der Waals surface area contributed by atoms with Gasteiger partial charge in [0.2, 0.25) is 0 Å². The van der Waals surface area contributed by atoms with Gasteiger partial charge < -0.3 is 10.1 Å². The molecule has 6 nitrogen and oxygen atoms in total. The highest BCUT2D eigenvalue weighted by Gasteiger charge is 2.32. The lowest BCUT2D eigenvalue weighted by Gasteiger charge is -2.38. The molecule has 39 heavy (non-hydrogen) atoms. The summed E-state index contributed by atoms with van der Waals surface area (Å²) in [6.07, 6.45) is -1.19. The van der Waals surface area contributed by atoms with Crippen molar-refractivity contribution in [3.63, 3.8) is 0 Å². The van der Waals surface area contributed by atoms with E-state index in [0.29, 0.717) is 41.6 Å². The molecule has 10 heteroatoms. The number of imidazole rings is 1. The van der Waals surface area contributed by atoms with Gasteiger partial charge in [-0.1, -0.05) is 61.0 Å². The molecule has 1 atom stereocenters. The molecule has 2 aromatic carbocycles. The number of hydrogen-bond acceptors (Lipinski definition) is 4. The molecule has 1 unspecified atom stereocenters. The number of alkyl halides is 3. The van der Waals surface area contributed by atoms with Gasteiger partial charge in [-0.2, -0.15) is 0 Å². The number of benzene rings is 2. The Morgan fingerprint density at radius 2 is 1.77 bits per heavy atom. The molecule has 0 radical (unpaired) electrons. The number of carbonyl (C=O) groups is 1. The number of aromatic nitrogens is 2. The number of rotatable bonds is 7. The molecule has 3 heterocycles. The number of halogens is 4. The minimum atomic E-state index is -4.71. The molecule has 1 fully saturated rings. The van der Waals surface area contributed by atoms with Crippen LogP contribution in [0.25, 0.3) is 5.65 Å². The first kappa shape index (κ1) is 27.0. The van der Waals surface area contributed by atoms with Gasteiger partial charge >= 0.3 is 6.36 Å². The fourth-order valence-corrected chi connectivity index (χ4v) is 5.36. The SMILES string of the molecule is CCc1nc2ccc(Cl)cn2c1C(=O)NC(c1ccccc1)N1CCC(c2ccc(OC(F)(F)F)cc2)CC1. The number of aryl methyl sites for hydroxylation is 1. The van der Waals surface area contributed by atoms with Crippen LogP contribution in [0.5, 0.6) is 5.75 Å². The topological polar surface area (TPSA) is 58.9 Å². The van der Waals surface area contributed by atoms with Gasteiger partial charge in [0.25, 0.3) is 5.91 Å². The molecule has 1 aliphatic rings. The number of piperidine rings is 1. The summed E-state index contributed by atoms with van der Waals surface area (Å²) in [6.45, 7) is 3.36. The molecule has 1 saturated heterocycles. The first-order valence-electron chi connectivity index (χ1n) is 12.8. The molecular formula is C29H28ClF3N4O2. The molecule has 204 valence electrons. The zero-order valence-corrected chi connectivity index (χ0v) is 22.0. The number of hydrogen-bond donors (Lipinski definition) is 1. The Hall–Kier alpha value is -3.56. The second-order valence-corrected chi connectivity index (χ2v) is 9.99. The minimum Gasteiger partial charge on any atom is -0.406 e. The number of amides is 1. The number of fused-ring (bicyclic) bond motifs is 1. The number of likely N-dealkylation sites (tertiary alicyclic amines) is 1. The number of nitrogens with zero attached hydrogens (tertiary/aromatic N) is 3. The van der Waals surface area contributed by atoms with E-state index in [1.165, 1.54) is 12.1 Å². The summed E-state index contributed by atoms with van der Waals surface area (Å²) >= 11 is 6.23. The lowest BCUT2D eigenvalue weighted by Crippen LogP contribution is -2.45. The third-order valence-corrected chi connectivity index (χ3v) is 7.29. The average molecular weight is 557 g/mol. The van der Waals surface area contributed by atoms with E-state index in [2.05, 4.69) is 19.9 Å². The summed E-state index contributed by atoms with van der Waals surface area (Å²) in [7, 11) is 0. The van der Waals surface area contributed by atoms with Crippen molar-refractivity contribution >= 4 is 23.2 Å². The van der Waals surface area contributed by atoms with E-state index in [4.69, 9.17) is 11.6 Å². The van der Waals surface area contributed by atoms with E-state index < -0.39 is 6.36 Å². The van der Waals surface area contributed by atoms with Gasteiger partial charge in [-0.15, -0.1) is 13.2 Å². The number of ether oxygens (including phenoxy) is 1. The summed E-state index contributed by atoms with van der Waals surface area (Å²) < 4.78 is 43.2. The van der Waals surface area contributed by atoms with E-state index in [9.17, 15) is 18.0 Å². The molecule has 0 saturated carbocycles. The van der Waals surface area contributed by atoms with Gasteiger partial charge in [-0.3, -0.25) is 14.1 Å². The van der Waals surface area contributed by atoms with E-state index in [0.717, 1.165) is 24.0 Å². The molecule has 0 aliphatic carbocycles. The summed E-state index contributed by atoms with van der Waals surface area (Å²) in [4.78, 5) is 20.6. The highest BCUT2D eigenvalue weighted by Crippen LogP contribution is 2.33. The smallest absolute Gasteiger partial charge is 0.406 e. The first-order chi connectivity index (χ1) is 18.7. The third-order valence-electron chi connectivity index (χ3n) is 7.07. The normalized spacial score (nSPS) is 15.8. The van der Waals surface area contributed by atoms with E-state index in [1.54, 1.807) is 34.9 Å². The van der Waals surface area contributed by atoms with Gasteiger partial charge in [0.15, 0.2) is 0 Å². The monoisotopic (exact) mass is 556 g/mol. The van der Waals surface area contributed by atoms with Crippen LogP contribution in [0.1, 0.15) is 59.2 Å². The van der Waals surface area contributed by atoms with Crippen molar-refractivity contribution in [1.82, 2.24) is 19.6 Å². The number of carbonyl (C=O) groups excluding carboxylic acids is 1. The molecule has 4 aromatic rings. The van der Waals surface area contributed by atoms with Crippen molar-refractivity contribution in [2.45, 2.75) is 44.6 Å². The molecule has 1 amide bonds. The molecule has 1 N–H and O–H groups in total. The van der Waals surface area contributed by atoms with Gasteiger partial charge in [0.05, 0.1) is 10.7 Å². The quantitative estimate of drug-likeness (QED) is 0.273. The van der Waals surface area contributed by atoms with Crippen molar-refractivity contribution in [1.29, 1.82) is 0 Å². The summed E-state index contributed by atoms with van der Waals surface area (Å²) in [5, 5.41) is 3.75. The maximum absolute atomic E-state index is 13.7. The Bertz CT molecular complexity index is 1430. The van der Waals surface area contributed by atoms with Crippen LogP contribution in [0.15, 0.2) is 72.9 Å². The second kappa shape index (κ2) is 11.3. The van der Waals surface area contributed by atoms with Crippen LogP contribution in [-0.4, -0.2) is 39.6 Å².